The van der Waals surface area contributed by atoms with Gasteiger partial charge in [0.15, 0.2) is 0 Å². The molecule has 3 atom stereocenters. The van der Waals surface area contributed by atoms with Crippen LogP contribution in [0.4, 0.5) is 4.79 Å². The van der Waals surface area contributed by atoms with Gasteiger partial charge in [-0.2, -0.15) is 5.21 Å². The molecule has 1 aliphatic heterocycles. The number of aromatic nitrogens is 4. The van der Waals surface area contributed by atoms with Crippen molar-refractivity contribution in [2.45, 2.75) is 35.5 Å². The number of fused-ring (bicyclic) bond motifs is 1. The Morgan fingerprint density at radius 2 is 1.73 bits per heavy atom. The molecule has 0 radical (unpaired) electrons. The third kappa shape index (κ3) is 5.85. The summed E-state index contributed by atoms with van der Waals surface area (Å²) in [7, 11) is 0. The standard InChI is InChI=1S/C31H29N5O3S/c37-31(38)36-17-16-27(28(19-36)39-20-21-10-11-22-6-4-5-9-26(22)18-21)23-12-14-25(15-13-23)29(24-7-2-1-3-8-24)40-30-32-34-35-33-30/h1-15,18,27-29H,16-17,19-20H2,(H,37,38)(H,32,33,34,35). The summed E-state index contributed by atoms with van der Waals surface area (Å²) in [5.74, 6) is 0.0881. The Hall–Kier alpha value is -4.21. The van der Waals surface area contributed by atoms with Crippen molar-refractivity contribution in [2.24, 2.45) is 0 Å². The molecule has 0 spiro atoms. The number of thioether (sulfide) groups is 1. The van der Waals surface area contributed by atoms with Gasteiger partial charge in [0, 0.05) is 12.5 Å². The highest BCUT2D eigenvalue weighted by atomic mass is 32.2. The van der Waals surface area contributed by atoms with Gasteiger partial charge in [-0.3, -0.25) is 0 Å². The highest BCUT2D eigenvalue weighted by Gasteiger charge is 2.33. The molecule has 3 unspecified atom stereocenters. The molecule has 2 N–H and O–H groups in total. The monoisotopic (exact) mass is 551 g/mol. The largest absolute Gasteiger partial charge is 0.465 e. The van der Waals surface area contributed by atoms with Crippen molar-refractivity contribution in [1.82, 2.24) is 25.5 Å². The minimum atomic E-state index is -0.905. The number of aromatic amines is 1. The van der Waals surface area contributed by atoms with Gasteiger partial charge in [0.25, 0.3) is 0 Å². The molecule has 1 aliphatic rings. The number of carboxylic acid groups (broad SMARTS) is 1. The number of piperidine rings is 1. The number of ether oxygens (including phenoxy) is 1. The number of tetrazole rings is 1. The topological polar surface area (TPSA) is 104 Å². The van der Waals surface area contributed by atoms with Crippen molar-refractivity contribution in [2.75, 3.05) is 13.1 Å². The molecular weight excluding hydrogens is 522 g/mol. The molecule has 1 amide bonds. The first-order valence-electron chi connectivity index (χ1n) is 13.3. The maximum Gasteiger partial charge on any atom is 0.407 e. The zero-order valence-corrected chi connectivity index (χ0v) is 22.6. The SMILES string of the molecule is O=C(O)N1CCC(c2ccc(C(Sc3nn[nH]n3)c3ccccc3)cc2)C(OCc2ccc3ccccc3c2)C1. The van der Waals surface area contributed by atoms with Gasteiger partial charge in [0.2, 0.25) is 5.16 Å². The Kier molecular flexibility index (Phi) is 7.74. The third-order valence-corrected chi connectivity index (χ3v) is 8.59. The number of nitrogens with one attached hydrogen (secondary N) is 1. The molecule has 0 aliphatic carbocycles. The molecule has 5 aromatic rings. The van der Waals surface area contributed by atoms with E-state index >= 15 is 0 Å². The van der Waals surface area contributed by atoms with Gasteiger partial charge in [-0.25, -0.2) is 4.79 Å². The Labute approximate surface area is 236 Å². The summed E-state index contributed by atoms with van der Waals surface area (Å²) in [6.45, 7) is 1.25. The average Bonchev–Trinajstić information content (AvgIpc) is 3.53. The lowest BCUT2D eigenvalue weighted by Crippen LogP contribution is -2.46. The second-order valence-electron chi connectivity index (χ2n) is 9.92. The van der Waals surface area contributed by atoms with Crippen LogP contribution in [0, 0.1) is 0 Å². The summed E-state index contributed by atoms with van der Waals surface area (Å²) in [5.41, 5.74) is 4.50. The Bertz CT molecular complexity index is 1560. The fourth-order valence-corrected chi connectivity index (χ4v) is 6.33. The minimum Gasteiger partial charge on any atom is -0.465 e. The number of rotatable bonds is 8. The predicted octanol–water partition coefficient (Wildman–Crippen LogP) is 6.29. The van der Waals surface area contributed by atoms with Crippen LogP contribution in [0.5, 0.6) is 0 Å². The highest BCUT2D eigenvalue weighted by molar-refractivity contribution is 7.99. The van der Waals surface area contributed by atoms with Gasteiger partial charge in [0.1, 0.15) is 0 Å². The van der Waals surface area contributed by atoms with Gasteiger partial charge in [-0.15, -0.1) is 10.2 Å². The van der Waals surface area contributed by atoms with Crippen molar-refractivity contribution < 1.29 is 14.6 Å². The fraction of sp³-hybridized carbons (Fsp3) is 0.226. The molecule has 0 bridgehead atoms. The van der Waals surface area contributed by atoms with E-state index in [0.717, 1.165) is 22.3 Å². The van der Waals surface area contributed by atoms with E-state index in [9.17, 15) is 9.90 Å². The quantitative estimate of drug-likeness (QED) is 0.219. The van der Waals surface area contributed by atoms with Crippen LogP contribution in [0.2, 0.25) is 0 Å². The van der Waals surface area contributed by atoms with Crippen molar-refractivity contribution in [1.29, 1.82) is 0 Å². The van der Waals surface area contributed by atoms with Crippen LogP contribution in [0.3, 0.4) is 0 Å². The van der Waals surface area contributed by atoms with E-state index in [-0.39, 0.29) is 17.3 Å². The summed E-state index contributed by atoms with van der Waals surface area (Å²) < 4.78 is 6.45. The number of benzene rings is 4. The zero-order chi connectivity index (χ0) is 27.3. The minimum absolute atomic E-state index is 0.00154. The lowest BCUT2D eigenvalue weighted by Gasteiger charge is -2.37. The molecule has 0 saturated carbocycles. The van der Waals surface area contributed by atoms with Gasteiger partial charge in [-0.05, 0) is 50.7 Å². The van der Waals surface area contributed by atoms with Crippen LogP contribution in [0.15, 0.2) is 102 Å². The smallest absolute Gasteiger partial charge is 0.407 e. The normalized spacial score (nSPS) is 18.1. The Morgan fingerprint density at radius 3 is 2.48 bits per heavy atom. The van der Waals surface area contributed by atoms with Crippen LogP contribution in [-0.4, -0.2) is 55.9 Å². The molecule has 8 nitrogen and oxygen atoms in total. The van der Waals surface area contributed by atoms with E-state index in [0.29, 0.717) is 31.3 Å². The van der Waals surface area contributed by atoms with Crippen LogP contribution < -0.4 is 0 Å². The summed E-state index contributed by atoms with van der Waals surface area (Å²) in [4.78, 5) is 13.3. The van der Waals surface area contributed by atoms with E-state index in [1.54, 1.807) is 11.8 Å². The van der Waals surface area contributed by atoms with Crippen LogP contribution in [0.25, 0.3) is 10.8 Å². The zero-order valence-electron chi connectivity index (χ0n) is 21.8. The molecular formula is C31H29N5O3S. The maximum absolute atomic E-state index is 11.8. The van der Waals surface area contributed by atoms with Crippen LogP contribution in [0.1, 0.15) is 39.8 Å². The lowest BCUT2D eigenvalue weighted by atomic mass is 9.86. The number of carbonyl (C=O) groups is 1. The second kappa shape index (κ2) is 11.9. The van der Waals surface area contributed by atoms with Crippen LogP contribution >= 0.6 is 11.8 Å². The first kappa shape index (κ1) is 26.0. The molecule has 40 heavy (non-hydrogen) atoms. The molecule has 4 aromatic carbocycles. The molecule has 1 saturated heterocycles. The van der Waals surface area contributed by atoms with E-state index in [1.165, 1.54) is 15.7 Å². The Morgan fingerprint density at radius 1 is 0.975 bits per heavy atom. The van der Waals surface area contributed by atoms with Crippen molar-refractivity contribution in [3.63, 3.8) is 0 Å². The summed E-state index contributed by atoms with van der Waals surface area (Å²) >= 11 is 1.54. The van der Waals surface area contributed by atoms with Crippen LogP contribution in [-0.2, 0) is 11.3 Å². The summed E-state index contributed by atoms with van der Waals surface area (Å²) in [5, 5.41) is 27.1. The molecule has 2 heterocycles. The number of nitrogens with zero attached hydrogens (tertiary/aromatic N) is 4. The molecule has 1 aromatic heterocycles. The predicted molar refractivity (Wildman–Crippen MR) is 154 cm³/mol. The third-order valence-electron chi connectivity index (χ3n) is 7.43. The van der Waals surface area contributed by atoms with Crippen molar-refractivity contribution in [3.8, 4) is 0 Å². The number of H-pyrrole nitrogens is 1. The number of likely N-dealkylation sites (tertiary alicyclic amines) is 1. The number of hydrogen-bond acceptors (Lipinski definition) is 6. The number of hydrogen-bond donors (Lipinski definition) is 2. The van der Waals surface area contributed by atoms with Gasteiger partial charge in [-0.1, -0.05) is 103 Å². The summed E-state index contributed by atoms with van der Waals surface area (Å²) in [6, 6.07) is 33.4. The van der Waals surface area contributed by atoms with E-state index in [4.69, 9.17) is 4.74 Å². The highest BCUT2D eigenvalue weighted by Crippen LogP contribution is 2.40. The molecule has 6 rings (SSSR count). The molecule has 202 valence electrons. The first-order chi connectivity index (χ1) is 19.6. The van der Waals surface area contributed by atoms with Crippen molar-refractivity contribution >= 4 is 28.6 Å². The van der Waals surface area contributed by atoms with Gasteiger partial charge >= 0.3 is 6.09 Å². The van der Waals surface area contributed by atoms with Crippen molar-refractivity contribution in [3.05, 3.63) is 119 Å². The van der Waals surface area contributed by atoms with Gasteiger partial charge < -0.3 is 14.7 Å². The Balaban J connectivity index is 1.23. The van der Waals surface area contributed by atoms with E-state index in [1.807, 2.05) is 30.3 Å². The first-order valence-corrected chi connectivity index (χ1v) is 14.1. The number of amides is 1. The van der Waals surface area contributed by atoms with E-state index < -0.39 is 6.09 Å². The average molecular weight is 552 g/mol. The molecule has 9 heteroatoms. The lowest BCUT2D eigenvalue weighted by molar-refractivity contribution is -0.0199. The molecule has 1 fully saturated rings. The fourth-order valence-electron chi connectivity index (χ4n) is 5.35. The van der Waals surface area contributed by atoms with Gasteiger partial charge in [0.05, 0.1) is 24.5 Å². The summed E-state index contributed by atoms with van der Waals surface area (Å²) in [6.07, 6.45) is -0.452. The maximum atomic E-state index is 11.8. The second-order valence-corrected chi connectivity index (χ2v) is 11.0. The van der Waals surface area contributed by atoms with E-state index in [2.05, 4.69) is 87.4 Å².